The fraction of sp³-hybridized carbons (Fsp3) is 0.250. The number of hydrogen-bond acceptors (Lipinski definition) is 3. The van der Waals surface area contributed by atoms with E-state index in [1.54, 1.807) is 6.07 Å². The minimum Gasteiger partial charge on any atom is -0.328 e. The standard InChI is InChI=1S/C16H15BrN2OS/c1-10(2)21-14(9-18)19-16(20)13-8-7-11-5-3-4-6-12(11)15(13)17/h3-8,10,14H,1-2H3,(H,19,20). The van der Waals surface area contributed by atoms with Gasteiger partial charge in [-0.15, -0.1) is 11.8 Å². The molecule has 0 saturated heterocycles. The van der Waals surface area contributed by atoms with Crippen molar-refractivity contribution in [2.75, 3.05) is 0 Å². The van der Waals surface area contributed by atoms with Crippen LogP contribution in [-0.4, -0.2) is 16.5 Å². The molecule has 3 nitrogen and oxygen atoms in total. The zero-order valence-corrected chi connectivity index (χ0v) is 14.2. The van der Waals surface area contributed by atoms with Gasteiger partial charge >= 0.3 is 0 Å². The van der Waals surface area contributed by atoms with Gasteiger partial charge in [0.1, 0.15) is 0 Å². The number of nitrogens with zero attached hydrogens (tertiary/aromatic N) is 1. The van der Waals surface area contributed by atoms with E-state index in [1.165, 1.54) is 11.8 Å². The van der Waals surface area contributed by atoms with Crippen LogP contribution in [0.5, 0.6) is 0 Å². The number of nitriles is 1. The summed E-state index contributed by atoms with van der Waals surface area (Å²) in [5.41, 5.74) is 0.540. The summed E-state index contributed by atoms with van der Waals surface area (Å²) in [4.78, 5) is 12.4. The van der Waals surface area contributed by atoms with E-state index in [0.717, 1.165) is 15.2 Å². The van der Waals surface area contributed by atoms with Crippen molar-refractivity contribution >= 4 is 44.4 Å². The van der Waals surface area contributed by atoms with E-state index in [2.05, 4.69) is 27.3 Å². The highest BCUT2D eigenvalue weighted by Crippen LogP contribution is 2.28. The molecule has 0 heterocycles. The predicted molar refractivity (Wildman–Crippen MR) is 91.2 cm³/mol. The van der Waals surface area contributed by atoms with Crippen LogP contribution in [0.25, 0.3) is 10.8 Å². The molecule has 0 spiro atoms. The molecular formula is C16H15BrN2OS. The van der Waals surface area contributed by atoms with Crippen molar-refractivity contribution in [3.8, 4) is 6.07 Å². The van der Waals surface area contributed by atoms with Gasteiger partial charge in [-0.25, -0.2) is 0 Å². The summed E-state index contributed by atoms with van der Waals surface area (Å²) < 4.78 is 0.754. The molecule has 0 radical (unpaired) electrons. The van der Waals surface area contributed by atoms with Crippen molar-refractivity contribution in [1.82, 2.24) is 5.32 Å². The molecule has 2 rings (SSSR count). The van der Waals surface area contributed by atoms with Gasteiger partial charge in [0.15, 0.2) is 5.37 Å². The van der Waals surface area contributed by atoms with Crippen LogP contribution in [0.1, 0.15) is 24.2 Å². The fourth-order valence-electron chi connectivity index (χ4n) is 1.97. The molecule has 21 heavy (non-hydrogen) atoms. The molecule has 1 amide bonds. The Morgan fingerprint density at radius 3 is 2.67 bits per heavy atom. The first-order valence-electron chi connectivity index (χ1n) is 6.56. The summed E-state index contributed by atoms with van der Waals surface area (Å²) in [5, 5.41) is 13.6. The summed E-state index contributed by atoms with van der Waals surface area (Å²) in [6.07, 6.45) is 0. The van der Waals surface area contributed by atoms with Crippen molar-refractivity contribution in [3.05, 3.63) is 46.4 Å². The van der Waals surface area contributed by atoms with Crippen molar-refractivity contribution in [1.29, 1.82) is 5.26 Å². The van der Waals surface area contributed by atoms with Crippen LogP contribution >= 0.6 is 27.7 Å². The topological polar surface area (TPSA) is 52.9 Å². The average molecular weight is 363 g/mol. The van der Waals surface area contributed by atoms with Gasteiger partial charge in [-0.1, -0.05) is 44.2 Å². The lowest BCUT2D eigenvalue weighted by Gasteiger charge is -2.14. The number of rotatable bonds is 4. The minimum atomic E-state index is -0.545. The van der Waals surface area contributed by atoms with Crippen molar-refractivity contribution < 1.29 is 4.79 Å². The van der Waals surface area contributed by atoms with Crippen molar-refractivity contribution in [2.45, 2.75) is 24.5 Å². The van der Waals surface area contributed by atoms with E-state index in [9.17, 15) is 4.79 Å². The first-order valence-corrected chi connectivity index (χ1v) is 8.29. The van der Waals surface area contributed by atoms with Crippen LogP contribution in [0.2, 0.25) is 0 Å². The average Bonchev–Trinajstić information content (AvgIpc) is 2.46. The maximum Gasteiger partial charge on any atom is 0.254 e. The highest BCUT2D eigenvalue weighted by Gasteiger charge is 2.17. The van der Waals surface area contributed by atoms with Gasteiger partial charge in [0.05, 0.1) is 11.6 Å². The van der Waals surface area contributed by atoms with Crippen LogP contribution in [0.15, 0.2) is 40.9 Å². The van der Waals surface area contributed by atoms with Gasteiger partial charge < -0.3 is 5.32 Å². The van der Waals surface area contributed by atoms with Crippen molar-refractivity contribution in [3.63, 3.8) is 0 Å². The predicted octanol–water partition coefficient (Wildman–Crippen LogP) is 4.32. The number of carbonyl (C=O) groups is 1. The third-order valence-electron chi connectivity index (χ3n) is 2.90. The van der Waals surface area contributed by atoms with Crippen LogP contribution < -0.4 is 5.32 Å². The van der Waals surface area contributed by atoms with Crippen LogP contribution in [0.3, 0.4) is 0 Å². The van der Waals surface area contributed by atoms with Gasteiger partial charge in [-0.05, 0) is 32.8 Å². The normalized spacial score (nSPS) is 12.1. The Balaban J connectivity index is 2.27. The summed E-state index contributed by atoms with van der Waals surface area (Å²) in [6.45, 7) is 3.99. The molecule has 2 aromatic carbocycles. The van der Waals surface area contributed by atoms with E-state index in [0.29, 0.717) is 5.56 Å². The highest BCUT2D eigenvalue weighted by molar-refractivity contribution is 9.10. The lowest BCUT2D eigenvalue weighted by molar-refractivity contribution is 0.0954. The molecule has 0 fully saturated rings. The number of fused-ring (bicyclic) bond motifs is 1. The number of nitrogens with one attached hydrogen (secondary N) is 1. The fourth-order valence-corrected chi connectivity index (χ4v) is 3.43. The molecule has 1 N–H and O–H groups in total. The molecular weight excluding hydrogens is 348 g/mol. The summed E-state index contributed by atoms with van der Waals surface area (Å²) in [7, 11) is 0. The molecule has 108 valence electrons. The van der Waals surface area contributed by atoms with E-state index >= 15 is 0 Å². The SMILES string of the molecule is CC(C)SC(C#N)NC(=O)c1ccc2ccccc2c1Br. The number of carbonyl (C=O) groups excluding carboxylic acids is 1. The Morgan fingerprint density at radius 1 is 1.29 bits per heavy atom. The third kappa shape index (κ3) is 3.78. The highest BCUT2D eigenvalue weighted by atomic mass is 79.9. The van der Waals surface area contributed by atoms with E-state index in [4.69, 9.17) is 5.26 Å². The Hall–Kier alpha value is -1.51. The largest absolute Gasteiger partial charge is 0.328 e. The van der Waals surface area contributed by atoms with Crippen LogP contribution in [0, 0.1) is 11.3 Å². The number of halogens is 1. The Morgan fingerprint density at radius 2 is 2.00 bits per heavy atom. The Kier molecular flexibility index (Phi) is 5.27. The zero-order chi connectivity index (χ0) is 15.4. The van der Waals surface area contributed by atoms with Gasteiger partial charge in [0.2, 0.25) is 0 Å². The quantitative estimate of drug-likeness (QED) is 0.823. The molecule has 0 aliphatic carbocycles. The third-order valence-corrected chi connectivity index (χ3v) is 4.79. The molecule has 2 aromatic rings. The number of thioether (sulfide) groups is 1. The van der Waals surface area contributed by atoms with Gasteiger partial charge in [0, 0.05) is 9.72 Å². The van der Waals surface area contributed by atoms with Crippen LogP contribution in [0.4, 0.5) is 0 Å². The number of amides is 1. The molecule has 0 saturated carbocycles. The molecule has 1 unspecified atom stereocenters. The first kappa shape index (κ1) is 15.9. The second-order valence-corrected chi connectivity index (χ2v) is 7.30. The maximum atomic E-state index is 12.4. The van der Waals surface area contributed by atoms with Gasteiger partial charge in [-0.3, -0.25) is 4.79 Å². The van der Waals surface area contributed by atoms with E-state index < -0.39 is 5.37 Å². The van der Waals surface area contributed by atoms with Gasteiger partial charge in [-0.2, -0.15) is 5.26 Å². The lowest BCUT2D eigenvalue weighted by atomic mass is 10.1. The maximum absolute atomic E-state index is 12.4. The molecule has 0 aliphatic heterocycles. The van der Waals surface area contributed by atoms with Crippen LogP contribution in [-0.2, 0) is 0 Å². The molecule has 1 atom stereocenters. The summed E-state index contributed by atoms with van der Waals surface area (Å²) in [5.74, 6) is -0.243. The molecule has 0 aromatic heterocycles. The van der Waals surface area contributed by atoms with E-state index in [1.807, 2.05) is 44.2 Å². The zero-order valence-electron chi connectivity index (χ0n) is 11.8. The van der Waals surface area contributed by atoms with Crippen molar-refractivity contribution in [2.24, 2.45) is 0 Å². The number of benzene rings is 2. The van der Waals surface area contributed by atoms with E-state index in [-0.39, 0.29) is 11.2 Å². The molecule has 0 aliphatic rings. The molecule has 5 heteroatoms. The van der Waals surface area contributed by atoms with Gasteiger partial charge in [0.25, 0.3) is 5.91 Å². The second-order valence-electron chi connectivity index (χ2n) is 4.82. The summed E-state index contributed by atoms with van der Waals surface area (Å²) >= 11 is 4.92. The Bertz CT molecular complexity index is 709. The Labute approximate surface area is 136 Å². The first-order chi connectivity index (χ1) is 10.0. The lowest BCUT2D eigenvalue weighted by Crippen LogP contribution is -2.32. The second kappa shape index (κ2) is 6.97. The smallest absolute Gasteiger partial charge is 0.254 e. The summed E-state index contributed by atoms with van der Waals surface area (Å²) in [6, 6.07) is 13.6. The minimum absolute atomic E-state index is 0.243. The monoisotopic (exact) mass is 362 g/mol. The molecule has 0 bridgehead atoms. The number of hydrogen-bond donors (Lipinski definition) is 1.